The van der Waals surface area contributed by atoms with Gasteiger partial charge in [-0.3, -0.25) is 15.1 Å². The number of carbonyl (C=O) groups is 1. The molecule has 0 saturated heterocycles. The van der Waals surface area contributed by atoms with E-state index in [1.807, 2.05) is 5.32 Å². The molecule has 1 heterocycles. The van der Waals surface area contributed by atoms with E-state index in [-0.39, 0.29) is 6.04 Å². The molecule has 1 rings (SSSR count). The number of aromatic nitrogens is 1. The Labute approximate surface area is 109 Å². The van der Waals surface area contributed by atoms with Gasteiger partial charge in [-0.25, -0.2) is 0 Å². The molecule has 2 N–H and O–H groups in total. The van der Waals surface area contributed by atoms with Crippen molar-refractivity contribution in [3.8, 4) is 0 Å². The lowest BCUT2D eigenvalue weighted by Crippen LogP contribution is -2.45. The summed E-state index contributed by atoms with van der Waals surface area (Å²) >= 11 is 0. The first-order valence-corrected chi connectivity index (χ1v) is 5.81. The lowest BCUT2D eigenvalue weighted by molar-refractivity contribution is -0.139. The number of carbonyl (C=O) groups excluding carboxylic acids is 1. The van der Waals surface area contributed by atoms with Crippen molar-refractivity contribution in [3.05, 3.63) is 30.1 Å². The lowest BCUT2D eigenvalue weighted by atomic mass is 10.2. The van der Waals surface area contributed by atoms with Crippen LogP contribution in [0.15, 0.2) is 24.4 Å². The van der Waals surface area contributed by atoms with Gasteiger partial charge < -0.3 is 5.32 Å². The molecule has 0 aromatic carbocycles. The molecule has 0 spiro atoms. The number of nitrogens with zero attached hydrogens (tertiary/aromatic N) is 1. The molecule has 1 aromatic rings. The zero-order valence-electron chi connectivity index (χ0n) is 10.7. The molecule has 4 nitrogen and oxygen atoms in total. The van der Waals surface area contributed by atoms with Crippen LogP contribution in [0.3, 0.4) is 0 Å². The molecule has 1 aromatic heterocycles. The number of alkyl halides is 3. The molecule has 0 radical (unpaired) electrons. The van der Waals surface area contributed by atoms with Crippen LogP contribution in [0.1, 0.15) is 25.6 Å². The van der Waals surface area contributed by atoms with E-state index in [4.69, 9.17) is 0 Å². The summed E-state index contributed by atoms with van der Waals surface area (Å²) in [5.41, 5.74) is 0.720. The Hall–Kier alpha value is -1.63. The van der Waals surface area contributed by atoms with Crippen molar-refractivity contribution in [2.24, 2.45) is 0 Å². The molecule has 7 heteroatoms. The average molecular weight is 275 g/mol. The third-order valence-corrected chi connectivity index (χ3v) is 2.49. The van der Waals surface area contributed by atoms with Crippen molar-refractivity contribution >= 4 is 5.91 Å². The van der Waals surface area contributed by atoms with Crippen molar-refractivity contribution < 1.29 is 18.0 Å². The first kappa shape index (κ1) is 15.4. The molecule has 106 valence electrons. The SMILES string of the molecule is CC(NC(C)c1ccccn1)C(=O)NCC(F)(F)F. The summed E-state index contributed by atoms with van der Waals surface area (Å²) < 4.78 is 35.9. The number of halogens is 3. The highest BCUT2D eigenvalue weighted by Crippen LogP contribution is 2.12. The zero-order valence-corrected chi connectivity index (χ0v) is 10.7. The van der Waals surface area contributed by atoms with Crippen LogP contribution < -0.4 is 10.6 Å². The smallest absolute Gasteiger partial charge is 0.346 e. The molecule has 0 fully saturated rings. The zero-order chi connectivity index (χ0) is 14.5. The number of pyridine rings is 1. The van der Waals surface area contributed by atoms with Gasteiger partial charge in [0, 0.05) is 12.2 Å². The maximum atomic E-state index is 12.0. The summed E-state index contributed by atoms with van der Waals surface area (Å²) in [6.07, 6.45) is -2.79. The van der Waals surface area contributed by atoms with Gasteiger partial charge in [0.05, 0.1) is 11.7 Å². The standard InChI is InChI=1S/C12H16F3N3O/c1-8(10-5-3-4-6-16-10)18-9(2)11(19)17-7-12(13,14)15/h3-6,8-9,18H,7H2,1-2H3,(H,17,19). The third kappa shape index (κ3) is 5.69. The first-order chi connectivity index (χ1) is 8.79. The second-order valence-corrected chi connectivity index (χ2v) is 4.20. The van der Waals surface area contributed by atoms with Crippen LogP contribution in [0.2, 0.25) is 0 Å². The number of nitrogens with one attached hydrogen (secondary N) is 2. The minimum absolute atomic E-state index is 0.229. The van der Waals surface area contributed by atoms with E-state index in [2.05, 4.69) is 10.3 Å². The van der Waals surface area contributed by atoms with Crippen LogP contribution in [0, 0.1) is 0 Å². The van der Waals surface area contributed by atoms with Crippen LogP contribution >= 0.6 is 0 Å². The van der Waals surface area contributed by atoms with Crippen molar-refractivity contribution in [1.82, 2.24) is 15.6 Å². The maximum absolute atomic E-state index is 12.0. The fourth-order valence-corrected chi connectivity index (χ4v) is 1.51. The number of amides is 1. The highest BCUT2D eigenvalue weighted by Gasteiger charge is 2.28. The molecular formula is C12H16F3N3O. The van der Waals surface area contributed by atoms with Gasteiger partial charge in [0.2, 0.25) is 5.91 Å². The normalized spacial score (nSPS) is 14.8. The van der Waals surface area contributed by atoms with Gasteiger partial charge in [0.25, 0.3) is 0 Å². The topological polar surface area (TPSA) is 54.0 Å². The Kier molecular flexibility index (Phi) is 5.29. The molecule has 19 heavy (non-hydrogen) atoms. The minimum atomic E-state index is -4.40. The van der Waals surface area contributed by atoms with E-state index < -0.39 is 24.7 Å². The van der Waals surface area contributed by atoms with Gasteiger partial charge in [0.15, 0.2) is 0 Å². The fourth-order valence-electron chi connectivity index (χ4n) is 1.51. The van der Waals surface area contributed by atoms with Crippen molar-refractivity contribution in [3.63, 3.8) is 0 Å². The molecule has 0 aliphatic carbocycles. The molecule has 0 saturated carbocycles. The summed E-state index contributed by atoms with van der Waals surface area (Å²) in [7, 11) is 0. The highest BCUT2D eigenvalue weighted by atomic mass is 19.4. The number of hydrogen-bond acceptors (Lipinski definition) is 3. The third-order valence-electron chi connectivity index (χ3n) is 2.49. The van der Waals surface area contributed by atoms with E-state index in [0.717, 1.165) is 5.69 Å². The fraction of sp³-hybridized carbons (Fsp3) is 0.500. The molecule has 1 amide bonds. The van der Waals surface area contributed by atoms with Crippen molar-refractivity contribution in [1.29, 1.82) is 0 Å². The van der Waals surface area contributed by atoms with Crippen LogP contribution in [0.5, 0.6) is 0 Å². The van der Waals surface area contributed by atoms with Crippen LogP contribution in [-0.2, 0) is 4.79 Å². The maximum Gasteiger partial charge on any atom is 0.405 e. The van der Waals surface area contributed by atoms with Crippen LogP contribution in [-0.4, -0.2) is 29.7 Å². The molecule has 2 atom stereocenters. The monoisotopic (exact) mass is 275 g/mol. The van der Waals surface area contributed by atoms with Gasteiger partial charge >= 0.3 is 6.18 Å². The Morgan fingerprint density at radius 3 is 2.58 bits per heavy atom. The predicted octanol–water partition coefficient (Wildman–Crippen LogP) is 1.80. The van der Waals surface area contributed by atoms with E-state index in [1.54, 1.807) is 31.3 Å². The Morgan fingerprint density at radius 2 is 2.05 bits per heavy atom. The Morgan fingerprint density at radius 1 is 1.37 bits per heavy atom. The average Bonchev–Trinajstić information content (AvgIpc) is 2.36. The number of rotatable bonds is 5. The van der Waals surface area contributed by atoms with Gasteiger partial charge in [-0.15, -0.1) is 0 Å². The van der Waals surface area contributed by atoms with E-state index in [1.165, 1.54) is 6.92 Å². The quantitative estimate of drug-likeness (QED) is 0.861. The second-order valence-electron chi connectivity index (χ2n) is 4.20. The van der Waals surface area contributed by atoms with Gasteiger partial charge in [-0.2, -0.15) is 13.2 Å². The van der Waals surface area contributed by atoms with Gasteiger partial charge in [-0.05, 0) is 26.0 Å². The van der Waals surface area contributed by atoms with Gasteiger partial charge in [-0.1, -0.05) is 6.07 Å². The van der Waals surface area contributed by atoms with E-state index >= 15 is 0 Å². The number of hydrogen-bond donors (Lipinski definition) is 2. The van der Waals surface area contributed by atoms with E-state index in [9.17, 15) is 18.0 Å². The molecule has 0 aliphatic heterocycles. The summed E-state index contributed by atoms with van der Waals surface area (Å²) in [5, 5.41) is 4.72. The lowest BCUT2D eigenvalue weighted by Gasteiger charge is -2.19. The molecule has 0 aliphatic rings. The summed E-state index contributed by atoms with van der Waals surface area (Å²) in [6.45, 7) is 1.97. The van der Waals surface area contributed by atoms with E-state index in [0.29, 0.717) is 0 Å². The largest absolute Gasteiger partial charge is 0.405 e. The predicted molar refractivity (Wildman–Crippen MR) is 64.3 cm³/mol. The second kappa shape index (κ2) is 6.51. The van der Waals surface area contributed by atoms with Gasteiger partial charge in [0.1, 0.15) is 6.54 Å². The van der Waals surface area contributed by atoms with Crippen molar-refractivity contribution in [2.45, 2.75) is 32.1 Å². The summed E-state index contributed by atoms with van der Waals surface area (Å²) in [4.78, 5) is 15.6. The Bertz CT molecular complexity index is 408. The highest BCUT2D eigenvalue weighted by molar-refractivity contribution is 5.81. The minimum Gasteiger partial charge on any atom is -0.346 e. The molecular weight excluding hydrogens is 259 g/mol. The first-order valence-electron chi connectivity index (χ1n) is 5.81. The van der Waals surface area contributed by atoms with Crippen LogP contribution in [0.25, 0.3) is 0 Å². The summed E-state index contributed by atoms with van der Waals surface area (Å²) in [5.74, 6) is -0.694. The molecule has 2 unspecified atom stereocenters. The molecule has 0 bridgehead atoms. The summed E-state index contributed by atoms with van der Waals surface area (Å²) in [6, 6.07) is 4.37. The van der Waals surface area contributed by atoms with Crippen molar-refractivity contribution in [2.75, 3.05) is 6.54 Å². The van der Waals surface area contributed by atoms with Crippen LogP contribution in [0.4, 0.5) is 13.2 Å². The Balaban J connectivity index is 2.46.